The van der Waals surface area contributed by atoms with Gasteiger partial charge >= 0.3 is 39.5 Å². The Labute approximate surface area is 607 Å². The van der Waals surface area contributed by atoms with Gasteiger partial charge in [-0.2, -0.15) is 0 Å². The minimum Gasteiger partial charge on any atom is -0.462 e. The van der Waals surface area contributed by atoms with Crippen LogP contribution in [0.5, 0.6) is 0 Å². The van der Waals surface area contributed by atoms with E-state index in [0.29, 0.717) is 25.7 Å². The molecule has 0 saturated carbocycles. The second-order valence-corrected chi connectivity index (χ2v) is 32.7. The Bertz CT molecular complexity index is 1930. The van der Waals surface area contributed by atoms with Gasteiger partial charge in [0.25, 0.3) is 0 Å². The van der Waals surface area contributed by atoms with Crippen LogP contribution in [0.4, 0.5) is 0 Å². The Hall–Kier alpha value is -1.94. The zero-order valence-electron chi connectivity index (χ0n) is 65.0. The highest BCUT2D eigenvalue weighted by Gasteiger charge is 2.30. The predicted octanol–water partition coefficient (Wildman–Crippen LogP) is 23.7. The summed E-state index contributed by atoms with van der Waals surface area (Å²) in [6.45, 7) is 12.0. The van der Waals surface area contributed by atoms with Gasteiger partial charge in [-0.1, -0.05) is 363 Å². The second-order valence-electron chi connectivity index (χ2n) is 29.8. The molecule has 0 radical (unpaired) electrons. The quantitative estimate of drug-likeness (QED) is 0.0222. The van der Waals surface area contributed by atoms with Gasteiger partial charge in [0.1, 0.15) is 19.3 Å². The average molecular weight is 1450 g/mol. The van der Waals surface area contributed by atoms with Crippen LogP contribution in [0.15, 0.2) is 0 Å². The second kappa shape index (κ2) is 70.4. The number of aliphatic hydroxyl groups excluding tert-OH is 1. The highest BCUT2D eigenvalue weighted by molar-refractivity contribution is 7.47. The van der Waals surface area contributed by atoms with Crippen molar-refractivity contribution < 1.29 is 80.2 Å². The fraction of sp³-hybridized carbons (Fsp3) is 0.950. The fourth-order valence-electron chi connectivity index (χ4n) is 12.2. The van der Waals surface area contributed by atoms with Crippen LogP contribution >= 0.6 is 15.6 Å². The molecular weight excluding hydrogens is 1290 g/mol. The van der Waals surface area contributed by atoms with Gasteiger partial charge in [0.2, 0.25) is 0 Å². The number of phosphoric ester groups is 2. The monoisotopic (exact) mass is 1450 g/mol. The van der Waals surface area contributed by atoms with Crippen LogP contribution in [-0.2, 0) is 65.4 Å². The van der Waals surface area contributed by atoms with Gasteiger partial charge in [-0.05, 0) is 43.4 Å². The minimum atomic E-state index is -4.96. The lowest BCUT2D eigenvalue weighted by atomic mass is 9.99. The van der Waals surface area contributed by atoms with E-state index in [-0.39, 0.29) is 25.7 Å². The molecule has 0 aliphatic heterocycles. The molecule has 0 amide bonds. The third kappa shape index (κ3) is 71.5. The van der Waals surface area contributed by atoms with Crippen molar-refractivity contribution in [1.82, 2.24) is 0 Å². The molecule has 19 heteroatoms. The summed E-state index contributed by atoms with van der Waals surface area (Å²) in [5, 5.41) is 10.6. The van der Waals surface area contributed by atoms with Crippen molar-refractivity contribution in [1.29, 1.82) is 0 Å². The van der Waals surface area contributed by atoms with Gasteiger partial charge in [0.05, 0.1) is 26.4 Å². The van der Waals surface area contributed by atoms with Crippen LogP contribution in [-0.4, -0.2) is 96.7 Å². The maximum atomic E-state index is 13.1. The van der Waals surface area contributed by atoms with Gasteiger partial charge in [-0.15, -0.1) is 0 Å². The molecular formula is C80H156O17P2. The first-order valence-corrected chi connectivity index (χ1v) is 44.4. The number of hydrogen-bond acceptors (Lipinski definition) is 15. The molecule has 7 atom stereocenters. The van der Waals surface area contributed by atoms with Gasteiger partial charge in [-0.25, -0.2) is 9.13 Å². The van der Waals surface area contributed by atoms with Crippen molar-refractivity contribution in [3.05, 3.63) is 0 Å². The lowest BCUT2D eigenvalue weighted by molar-refractivity contribution is -0.161. The molecule has 0 aromatic heterocycles. The first-order chi connectivity index (χ1) is 47.8. The Morgan fingerprint density at radius 3 is 0.768 bits per heavy atom. The lowest BCUT2D eigenvalue weighted by Crippen LogP contribution is -2.30. The maximum Gasteiger partial charge on any atom is 0.472 e. The van der Waals surface area contributed by atoms with E-state index in [1.807, 2.05) is 0 Å². The molecule has 4 unspecified atom stereocenters. The first kappa shape index (κ1) is 97.1. The molecule has 0 fully saturated rings. The standard InChI is InChI=1S/C80H156O17P2/c1-8-11-12-13-14-15-16-29-35-40-49-56-63-79(84)97-76(68-91-78(83)62-55-48-43-42-46-53-60-73(7)10-3)70-95-99(88,89)93-66-74(81)65-92-98(86,87)94-69-75(67-90-77(82)61-54-47-39-34-30-25-22-21-24-28-33-38-45-52-59-72(6)9-2)96-80(85)64-57-50-41-36-31-26-20-18-17-19-23-27-32-37-44-51-58-71(4)5/h71-76,81H,8-70H2,1-7H3,(H,86,87)(H,88,89)/t72?,73?,74-,75-,76-/m1/s1. The van der Waals surface area contributed by atoms with Crippen LogP contribution in [0.3, 0.4) is 0 Å². The number of unbranched alkanes of at least 4 members (excludes halogenated alkanes) is 44. The summed E-state index contributed by atoms with van der Waals surface area (Å²) in [6.07, 6.45) is 58.2. The van der Waals surface area contributed by atoms with Crippen molar-refractivity contribution >= 4 is 39.5 Å². The normalized spacial score (nSPS) is 14.5. The maximum absolute atomic E-state index is 13.1. The highest BCUT2D eigenvalue weighted by atomic mass is 31.2. The van der Waals surface area contributed by atoms with Gasteiger partial charge in [0, 0.05) is 25.7 Å². The van der Waals surface area contributed by atoms with E-state index >= 15 is 0 Å². The number of rotatable bonds is 78. The van der Waals surface area contributed by atoms with E-state index in [4.69, 9.17) is 37.0 Å². The van der Waals surface area contributed by atoms with Crippen LogP contribution in [0.25, 0.3) is 0 Å². The molecule has 0 aromatic carbocycles. The molecule has 0 spiro atoms. The van der Waals surface area contributed by atoms with Gasteiger partial charge < -0.3 is 33.8 Å². The number of carbonyl (C=O) groups is 4. The van der Waals surface area contributed by atoms with E-state index in [1.165, 1.54) is 218 Å². The Morgan fingerprint density at radius 1 is 0.293 bits per heavy atom. The smallest absolute Gasteiger partial charge is 0.462 e. The van der Waals surface area contributed by atoms with Crippen LogP contribution in [0.2, 0.25) is 0 Å². The van der Waals surface area contributed by atoms with E-state index in [9.17, 15) is 43.2 Å². The third-order valence-corrected chi connectivity index (χ3v) is 21.3. The summed E-state index contributed by atoms with van der Waals surface area (Å²) in [4.78, 5) is 73.0. The molecule has 0 aliphatic rings. The molecule has 0 saturated heterocycles. The molecule has 0 bridgehead atoms. The molecule has 0 heterocycles. The SMILES string of the molecule is CCCCCCCCCCCCCCC(=O)O[C@H](COC(=O)CCCCCCCCC(C)CC)COP(=O)(O)OC[C@H](O)COP(=O)(O)OC[C@@H](COC(=O)CCCCCCCCCCCCCCCCC(C)CC)OC(=O)CCCCCCCCCCCCCCCCCCC(C)C. The number of hydrogen-bond donors (Lipinski definition) is 3. The number of phosphoric acid groups is 2. The fourth-order valence-corrected chi connectivity index (χ4v) is 13.8. The predicted molar refractivity (Wildman–Crippen MR) is 405 cm³/mol. The summed E-state index contributed by atoms with van der Waals surface area (Å²) in [5.74, 6) is 0.278. The molecule has 0 aromatic rings. The Morgan fingerprint density at radius 2 is 0.515 bits per heavy atom. The van der Waals surface area contributed by atoms with Crippen molar-refractivity contribution in [2.45, 2.75) is 433 Å². The van der Waals surface area contributed by atoms with Crippen LogP contribution in [0, 0.1) is 17.8 Å². The average Bonchev–Trinajstić information content (AvgIpc) is 1.01. The number of ether oxygens (including phenoxy) is 4. The zero-order chi connectivity index (χ0) is 73.0. The van der Waals surface area contributed by atoms with Crippen molar-refractivity contribution in [2.75, 3.05) is 39.6 Å². The van der Waals surface area contributed by atoms with Gasteiger partial charge in [-0.3, -0.25) is 37.3 Å². The van der Waals surface area contributed by atoms with E-state index in [2.05, 4.69) is 48.5 Å². The summed E-state index contributed by atoms with van der Waals surface area (Å²) < 4.78 is 68.7. The number of carbonyl (C=O) groups excluding carboxylic acids is 4. The summed E-state index contributed by atoms with van der Waals surface area (Å²) >= 11 is 0. The molecule has 588 valence electrons. The number of aliphatic hydroxyl groups is 1. The van der Waals surface area contributed by atoms with Crippen molar-refractivity contribution in [3.8, 4) is 0 Å². The Balaban J connectivity index is 5.24. The topological polar surface area (TPSA) is 237 Å². The molecule has 0 aliphatic carbocycles. The summed E-state index contributed by atoms with van der Waals surface area (Å²) in [6, 6.07) is 0. The lowest BCUT2D eigenvalue weighted by Gasteiger charge is -2.21. The molecule has 99 heavy (non-hydrogen) atoms. The van der Waals surface area contributed by atoms with Crippen molar-refractivity contribution in [3.63, 3.8) is 0 Å². The first-order valence-electron chi connectivity index (χ1n) is 41.4. The third-order valence-electron chi connectivity index (χ3n) is 19.4. The molecule has 17 nitrogen and oxygen atoms in total. The largest absolute Gasteiger partial charge is 0.472 e. The van der Waals surface area contributed by atoms with E-state index in [0.717, 1.165) is 114 Å². The zero-order valence-corrected chi connectivity index (χ0v) is 66.8. The van der Waals surface area contributed by atoms with E-state index in [1.54, 1.807) is 0 Å². The molecule has 3 N–H and O–H groups in total. The number of esters is 4. The minimum absolute atomic E-state index is 0.106. The van der Waals surface area contributed by atoms with Crippen LogP contribution < -0.4 is 0 Å². The molecule has 0 rings (SSSR count). The van der Waals surface area contributed by atoms with Gasteiger partial charge in [0.15, 0.2) is 12.2 Å². The van der Waals surface area contributed by atoms with E-state index < -0.39 is 97.5 Å². The summed E-state index contributed by atoms with van der Waals surface area (Å²) in [5.41, 5.74) is 0. The van der Waals surface area contributed by atoms with Crippen LogP contribution in [0.1, 0.15) is 414 Å². The summed E-state index contributed by atoms with van der Waals surface area (Å²) in [7, 11) is -9.92. The Kier molecular flexibility index (Phi) is 69.0. The highest BCUT2D eigenvalue weighted by Crippen LogP contribution is 2.45. The van der Waals surface area contributed by atoms with Crippen molar-refractivity contribution in [2.24, 2.45) is 17.8 Å².